The third kappa shape index (κ3) is 1.95. The molecule has 0 amide bonds. The molecule has 3 rings (SSSR count). The minimum absolute atomic E-state index is 0.351. The van der Waals surface area contributed by atoms with Crippen LogP contribution in [0.5, 0.6) is 0 Å². The van der Waals surface area contributed by atoms with Gasteiger partial charge in [-0.15, -0.1) is 0 Å². The minimum Gasteiger partial charge on any atom is -0.461 e. The van der Waals surface area contributed by atoms with Crippen LogP contribution in [0.4, 0.5) is 0 Å². The zero-order valence-electron chi connectivity index (χ0n) is 11.3. The monoisotopic (exact) mass is 243 g/mol. The third-order valence-electron chi connectivity index (χ3n) is 4.25. The lowest BCUT2D eigenvalue weighted by molar-refractivity contribution is 0.206. The lowest BCUT2D eigenvalue weighted by atomic mass is 9.78. The van der Waals surface area contributed by atoms with Gasteiger partial charge < -0.3 is 9.73 Å². The highest BCUT2D eigenvalue weighted by Crippen LogP contribution is 2.33. The Hall–Kier alpha value is -1.28. The molecule has 0 atom stereocenters. The van der Waals surface area contributed by atoms with E-state index in [4.69, 9.17) is 4.42 Å². The highest BCUT2D eigenvalue weighted by Gasteiger charge is 2.31. The number of fused-ring (bicyclic) bond motifs is 1. The number of furan rings is 1. The van der Waals surface area contributed by atoms with Crippen molar-refractivity contribution in [2.45, 2.75) is 51.6 Å². The van der Waals surface area contributed by atoms with Gasteiger partial charge in [-0.3, -0.25) is 0 Å². The molecule has 0 saturated heterocycles. The van der Waals surface area contributed by atoms with Gasteiger partial charge >= 0.3 is 0 Å². The molecule has 0 aliphatic heterocycles. The van der Waals surface area contributed by atoms with Gasteiger partial charge in [0.2, 0.25) is 0 Å². The van der Waals surface area contributed by atoms with Crippen molar-refractivity contribution in [1.29, 1.82) is 0 Å². The van der Waals surface area contributed by atoms with Crippen molar-refractivity contribution in [3.8, 4) is 0 Å². The first kappa shape index (κ1) is 11.8. The van der Waals surface area contributed by atoms with Crippen molar-refractivity contribution in [1.82, 2.24) is 5.32 Å². The lowest BCUT2D eigenvalue weighted by Gasteiger charge is -2.39. The molecule has 2 nitrogen and oxygen atoms in total. The van der Waals surface area contributed by atoms with Gasteiger partial charge in [0.1, 0.15) is 11.3 Å². The van der Waals surface area contributed by atoms with Gasteiger partial charge in [-0.1, -0.05) is 25.1 Å². The smallest absolute Gasteiger partial charge is 0.134 e. The second kappa shape index (κ2) is 4.43. The van der Waals surface area contributed by atoms with Crippen LogP contribution in [-0.2, 0) is 13.0 Å². The highest BCUT2D eigenvalue weighted by molar-refractivity contribution is 5.82. The molecular formula is C16H21NO. The molecule has 1 N–H and O–H groups in total. The Kier molecular flexibility index (Phi) is 2.90. The fraction of sp³-hybridized carbons (Fsp3) is 0.500. The third-order valence-corrected chi connectivity index (χ3v) is 4.25. The van der Waals surface area contributed by atoms with Gasteiger partial charge in [-0.2, -0.15) is 0 Å². The van der Waals surface area contributed by atoms with E-state index in [9.17, 15) is 0 Å². The molecule has 1 aliphatic carbocycles. The molecule has 1 fully saturated rings. The predicted molar refractivity (Wildman–Crippen MR) is 74.7 cm³/mol. The van der Waals surface area contributed by atoms with Crippen molar-refractivity contribution in [2.24, 2.45) is 0 Å². The maximum Gasteiger partial charge on any atom is 0.134 e. The summed E-state index contributed by atoms with van der Waals surface area (Å²) in [6, 6.07) is 8.35. The van der Waals surface area contributed by atoms with E-state index in [0.29, 0.717) is 5.54 Å². The van der Waals surface area contributed by atoms with E-state index in [0.717, 1.165) is 24.3 Å². The van der Waals surface area contributed by atoms with Crippen LogP contribution in [0, 0.1) is 0 Å². The average Bonchev–Trinajstić information content (AvgIpc) is 2.72. The van der Waals surface area contributed by atoms with Gasteiger partial charge in [0.15, 0.2) is 0 Å². The quantitative estimate of drug-likeness (QED) is 0.877. The first-order valence-corrected chi connectivity index (χ1v) is 6.96. The molecule has 1 saturated carbocycles. The van der Waals surface area contributed by atoms with Gasteiger partial charge in [0.05, 0.1) is 0 Å². The van der Waals surface area contributed by atoms with Crippen LogP contribution >= 0.6 is 0 Å². The number of rotatable bonds is 4. The van der Waals surface area contributed by atoms with Crippen LogP contribution in [0.1, 0.15) is 44.4 Å². The molecule has 0 unspecified atom stereocenters. The Labute approximate surface area is 108 Å². The van der Waals surface area contributed by atoms with E-state index < -0.39 is 0 Å². The minimum atomic E-state index is 0.351. The number of nitrogens with one attached hydrogen (secondary N) is 1. The summed E-state index contributed by atoms with van der Waals surface area (Å²) < 4.78 is 5.93. The van der Waals surface area contributed by atoms with Crippen molar-refractivity contribution in [3.05, 3.63) is 35.6 Å². The Bertz CT molecular complexity index is 551. The van der Waals surface area contributed by atoms with Crippen molar-refractivity contribution < 1.29 is 4.42 Å². The SMILES string of the molecule is CCc1oc2ccccc2c1CNC1(C)CCC1. The van der Waals surface area contributed by atoms with Crippen LogP contribution in [0.25, 0.3) is 11.0 Å². The number of aryl methyl sites for hydroxylation is 1. The second-order valence-corrected chi connectivity index (χ2v) is 5.62. The standard InChI is InChI=1S/C16H21NO/c1-3-14-13(11-17-16(2)9-6-10-16)12-7-4-5-8-15(12)18-14/h4-5,7-8,17H,3,6,9-11H2,1-2H3. The number of hydrogen-bond donors (Lipinski definition) is 1. The molecule has 1 heterocycles. The Morgan fingerprint density at radius 3 is 2.72 bits per heavy atom. The van der Waals surface area contributed by atoms with Gasteiger partial charge in [0, 0.05) is 29.5 Å². The largest absolute Gasteiger partial charge is 0.461 e. The Morgan fingerprint density at radius 1 is 1.28 bits per heavy atom. The molecule has 0 spiro atoms. The fourth-order valence-corrected chi connectivity index (χ4v) is 2.81. The molecule has 0 radical (unpaired) electrons. The van der Waals surface area contributed by atoms with Crippen LogP contribution in [0.15, 0.2) is 28.7 Å². The van der Waals surface area contributed by atoms with Crippen LogP contribution < -0.4 is 5.32 Å². The molecule has 2 heteroatoms. The topological polar surface area (TPSA) is 25.2 Å². The lowest BCUT2D eigenvalue weighted by Crippen LogP contribution is -2.47. The first-order valence-electron chi connectivity index (χ1n) is 6.96. The van der Waals surface area contributed by atoms with Gasteiger partial charge in [0.25, 0.3) is 0 Å². The molecule has 96 valence electrons. The van der Waals surface area contributed by atoms with Gasteiger partial charge in [-0.05, 0) is 32.3 Å². The summed E-state index contributed by atoms with van der Waals surface area (Å²) in [6.45, 7) is 5.41. The summed E-state index contributed by atoms with van der Waals surface area (Å²) in [5.74, 6) is 1.13. The Balaban J connectivity index is 1.89. The second-order valence-electron chi connectivity index (χ2n) is 5.62. The summed E-state index contributed by atoms with van der Waals surface area (Å²) in [7, 11) is 0. The first-order chi connectivity index (χ1) is 8.72. The maximum atomic E-state index is 5.93. The maximum absolute atomic E-state index is 5.93. The van der Waals surface area contributed by atoms with Gasteiger partial charge in [-0.25, -0.2) is 0 Å². The highest BCUT2D eigenvalue weighted by atomic mass is 16.3. The average molecular weight is 243 g/mol. The van der Waals surface area contributed by atoms with E-state index >= 15 is 0 Å². The van der Waals surface area contributed by atoms with Crippen molar-refractivity contribution >= 4 is 11.0 Å². The Morgan fingerprint density at radius 2 is 2.06 bits per heavy atom. The van der Waals surface area contributed by atoms with E-state index in [1.165, 1.54) is 30.2 Å². The molecule has 2 aromatic rings. The molecule has 1 aliphatic rings. The van der Waals surface area contributed by atoms with Crippen molar-refractivity contribution in [2.75, 3.05) is 0 Å². The summed E-state index contributed by atoms with van der Waals surface area (Å²) >= 11 is 0. The normalized spacial score (nSPS) is 17.9. The van der Waals surface area contributed by atoms with E-state index in [1.807, 2.05) is 6.07 Å². The van der Waals surface area contributed by atoms with E-state index in [1.54, 1.807) is 0 Å². The van der Waals surface area contributed by atoms with Crippen LogP contribution in [0.3, 0.4) is 0 Å². The zero-order chi connectivity index (χ0) is 12.6. The number of benzene rings is 1. The van der Waals surface area contributed by atoms with E-state index in [-0.39, 0.29) is 0 Å². The molecule has 1 aromatic heterocycles. The molecular weight excluding hydrogens is 222 g/mol. The fourth-order valence-electron chi connectivity index (χ4n) is 2.81. The van der Waals surface area contributed by atoms with Crippen molar-refractivity contribution in [3.63, 3.8) is 0 Å². The zero-order valence-corrected chi connectivity index (χ0v) is 11.3. The summed E-state index contributed by atoms with van der Waals surface area (Å²) in [5, 5.41) is 4.97. The molecule has 1 aromatic carbocycles. The van der Waals surface area contributed by atoms with Crippen LogP contribution in [-0.4, -0.2) is 5.54 Å². The van der Waals surface area contributed by atoms with Crippen LogP contribution in [0.2, 0.25) is 0 Å². The number of hydrogen-bond acceptors (Lipinski definition) is 2. The summed E-state index contributed by atoms with van der Waals surface area (Å²) in [6.07, 6.45) is 4.91. The summed E-state index contributed by atoms with van der Waals surface area (Å²) in [4.78, 5) is 0. The molecule has 18 heavy (non-hydrogen) atoms. The predicted octanol–water partition coefficient (Wildman–Crippen LogP) is 4.03. The summed E-state index contributed by atoms with van der Waals surface area (Å²) in [5.41, 5.74) is 2.72. The van der Waals surface area contributed by atoms with E-state index in [2.05, 4.69) is 37.4 Å². The number of para-hydroxylation sites is 1. The molecule has 0 bridgehead atoms.